The minimum atomic E-state index is -1.86. The molecule has 3 heterocycles. The molecule has 4 heteroatoms. The second-order valence-corrected chi connectivity index (χ2v) is 15.3. The molecule has 2 aromatic carbocycles. The van der Waals surface area contributed by atoms with Gasteiger partial charge in [-0.2, -0.15) is 0 Å². The molecule has 32 heavy (non-hydrogen) atoms. The average molecular weight is 503 g/mol. The summed E-state index contributed by atoms with van der Waals surface area (Å²) in [5.41, 5.74) is 9.78. The van der Waals surface area contributed by atoms with Crippen LogP contribution in [0, 0.1) is 6.92 Å². The average Bonchev–Trinajstić information content (AvgIpc) is 2.69. The first-order chi connectivity index (χ1) is 15.4. The Kier molecular flexibility index (Phi) is 4.74. The van der Waals surface area contributed by atoms with Crippen LogP contribution in [0.25, 0.3) is 5.57 Å². The molecule has 2 nitrogen and oxygen atoms in total. The highest BCUT2D eigenvalue weighted by atomic mass is 79.9. The van der Waals surface area contributed by atoms with Gasteiger partial charge in [0.2, 0.25) is 0 Å². The lowest BCUT2D eigenvalue weighted by molar-refractivity contribution is -0.582. The van der Waals surface area contributed by atoms with Crippen molar-refractivity contribution < 1.29 is 4.58 Å². The van der Waals surface area contributed by atoms with Crippen molar-refractivity contribution in [2.24, 2.45) is 0 Å². The van der Waals surface area contributed by atoms with E-state index in [2.05, 4.69) is 100 Å². The number of benzene rings is 2. The van der Waals surface area contributed by atoms with Crippen LogP contribution in [-0.4, -0.2) is 44.5 Å². The quantitative estimate of drug-likeness (QED) is 0.383. The predicted molar refractivity (Wildman–Crippen MR) is 142 cm³/mol. The molecule has 0 radical (unpaired) electrons. The molecule has 3 aliphatic heterocycles. The molecule has 0 saturated carbocycles. The van der Waals surface area contributed by atoms with Gasteiger partial charge < -0.3 is 4.90 Å². The molecule has 0 spiro atoms. The summed E-state index contributed by atoms with van der Waals surface area (Å²) in [6.07, 6.45) is 9.94. The van der Waals surface area contributed by atoms with Gasteiger partial charge in [0.1, 0.15) is 21.2 Å². The number of allylic oxidation sites excluding steroid dienone is 5. The topological polar surface area (TPSA) is 6.25 Å². The molecule has 4 aliphatic rings. The Balaban J connectivity index is 1.64. The monoisotopic (exact) mass is 501 g/mol. The number of hydrogen-bond donors (Lipinski definition) is 0. The van der Waals surface area contributed by atoms with E-state index in [9.17, 15) is 0 Å². The van der Waals surface area contributed by atoms with Gasteiger partial charge in [-0.3, -0.25) is 0 Å². The molecule has 2 aromatic rings. The van der Waals surface area contributed by atoms with Crippen LogP contribution in [0.3, 0.4) is 0 Å². The summed E-state index contributed by atoms with van der Waals surface area (Å²) in [6, 6.07) is 14.0. The zero-order valence-electron chi connectivity index (χ0n) is 19.2. The van der Waals surface area contributed by atoms with Crippen LogP contribution in [-0.2, 0) is 0 Å². The Morgan fingerprint density at radius 2 is 1.75 bits per heavy atom. The highest BCUT2D eigenvalue weighted by Crippen LogP contribution is 2.43. The SMILES string of the molecule is Cc1ccc(Br)cc1C1=C2C=CC(=[N+]3CCC3)C=C2[Si](C)(C)c2cc(N3CCC3)ccc21. The summed E-state index contributed by atoms with van der Waals surface area (Å²) in [6.45, 7) is 12.1. The maximum atomic E-state index is 3.74. The number of aryl methyl sites for hydroxylation is 1. The third-order valence-corrected chi connectivity index (χ3v) is 11.8. The van der Waals surface area contributed by atoms with Crippen molar-refractivity contribution in [1.82, 2.24) is 0 Å². The molecule has 0 atom stereocenters. The summed E-state index contributed by atoms with van der Waals surface area (Å²) in [4.78, 5) is 2.53. The molecule has 162 valence electrons. The largest absolute Gasteiger partial charge is 0.371 e. The highest BCUT2D eigenvalue weighted by molar-refractivity contribution is 9.10. The number of nitrogens with zero attached hydrogens (tertiary/aromatic N) is 2. The van der Waals surface area contributed by atoms with Crippen LogP contribution < -0.4 is 10.1 Å². The van der Waals surface area contributed by atoms with Gasteiger partial charge in [0.05, 0.1) is 6.42 Å². The summed E-state index contributed by atoms with van der Waals surface area (Å²) >= 11 is 3.74. The molecule has 1 aliphatic carbocycles. The predicted octanol–water partition coefficient (Wildman–Crippen LogP) is 5.59. The third kappa shape index (κ3) is 3.07. The Morgan fingerprint density at radius 1 is 0.938 bits per heavy atom. The van der Waals surface area contributed by atoms with Crippen molar-refractivity contribution in [2.45, 2.75) is 32.9 Å². The van der Waals surface area contributed by atoms with Crippen LogP contribution in [0.2, 0.25) is 13.1 Å². The zero-order valence-corrected chi connectivity index (χ0v) is 21.8. The minimum Gasteiger partial charge on any atom is -0.371 e. The van der Waals surface area contributed by atoms with Crippen molar-refractivity contribution in [3.05, 3.63) is 86.6 Å². The molecular weight excluding hydrogens is 472 g/mol. The van der Waals surface area contributed by atoms with E-state index in [4.69, 9.17) is 0 Å². The van der Waals surface area contributed by atoms with E-state index in [0.717, 1.165) is 4.47 Å². The van der Waals surface area contributed by atoms with Crippen molar-refractivity contribution in [3.63, 3.8) is 0 Å². The van der Waals surface area contributed by atoms with Gasteiger partial charge in [0.25, 0.3) is 0 Å². The number of rotatable bonds is 2. The fraction of sp³-hybridized carbons (Fsp3) is 0.321. The minimum absolute atomic E-state index is 1.14. The number of anilines is 1. The lowest BCUT2D eigenvalue weighted by atomic mass is 9.87. The number of fused-ring (bicyclic) bond motifs is 2. The smallest absolute Gasteiger partial charge is 0.199 e. The van der Waals surface area contributed by atoms with Crippen molar-refractivity contribution in [1.29, 1.82) is 0 Å². The van der Waals surface area contributed by atoms with E-state index in [-0.39, 0.29) is 0 Å². The summed E-state index contributed by atoms with van der Waals surface area (Å²) in [5, 5.41) is 3.18. The maximum absolute atomic E-state index is 3.74. The van der Waals surface area contributed by atoms with Crippen molar-refractivity contribution in [2.75, 3.05) is 31.1 Å². The standard InChI is InChI=1S/C28H30BrN2Si/c1-19-6-7-20(29)16-25(19)28-23-10-8-21(30-12-4-13-30)17-26(23)32(2,3)27-18-22(9-11-24(27)28)31-14-5-15-31/h6-11,16-18H,4-5,12-15H2,1-3H3/q+1. The van der Waals surface area contributed by atoms with Gasteiger partial charge in [-0.25, -0.2) is 4.58 Å². The fourth-order valence-corrected chi connectivity index (χ4v) is 8.95. The highest BCUT2D eigenvalue weighted by Gasteiger charge is 2.41. The van der Waals surface area contributed by atoms with E-state index < -0.39 is 8.07 Å². The molecule has 0 amide bonds. The Bertz CT molecular complexity index is 1270. The van der Waals surface area contributed by atoms with Gasteiger partial charge in [-0.05, 0) is 81.9 Å². The van der Waals surface area contributed by atoms with E-state index >= 15 is 0 Å². The zero-order chi connectivity index (χ0) is 22.0. The Morgan fingerprint density at radius 3 is 2.44 bits per heavy atom. The number of hydrogen-bond acceptors (Lipinski definition) is 1. The van der Waals surface area contributed by atoms with Crippen LogP contribution in [0.1, 0.15) is 29.5 Å². The van der Waals surface area contributed by atoms with Gasteiger partial charge in [0.15, 0.2) is 5.71 Å². The van der Waals surface area contributed by atoms with E-state index in [1.165, 1.54) is 78.3 Å². The second kappa shape index (κ2) is 7.43. The van der Waals surface area contributed by atoms with Gasteiger partial charge in [-0.15, -0.1) is 0 Å². The maximum Gasteiger partial charge on any atom is 0.199 e. The molecule has 2 fully saturated rings. The second-order valence-electron chi connectivity index (χ2n) is 10.1. The molecule has 0 unspecified atom stereocenters. The van der Waals surface area contributed by atoms with E-state index in [1.807, 2.05) is 0 Å². The fourth-order valence-electron chi connectivity index (χ4n) is 5.52. The van der Waals surface area contributed by atoms with Gasteiger partial charge in [0, 0.05) is 35.4 Å². The lowest BCUT2D eigenvalue weighted by Gasteiger charge is -2.40. The first-order valence-corrected chi connectivity index (χ1v) is 15.7. The van der Waals surface area contributed by atoms with Crippen molar-refractivity contribution >= 4 is 46.2 Å². The van der Waals surface area contributed by atoms with Crippen LogP contribution >= 0.6 is 15.9 Å². The van der Waals surface area contributed by atoms with Gasteiger partial charge in [-0.1, -0.05) is 41.2 Å². The van der Waals surface area contributed by atoms with Crippen molar-refractivity contribution in [3.8, 4) is 0 Å². The Hall–Kier alpha value is -2.17. The lowest BCUT2D eigenvalue weighted by Crippen LogP contribution is -2.50. The first-order valence-electron chi connectivity index (χ1n) is 11.9. The van der Waals surface area contributed by atoms with Crippen LogP contribution in [0.15, 0.2) is 69.9 Å². The Labute approximate surface area is 200 Å². The van der Waals surface area contributed by atoms with Gasteiger partial charge >= 0.3 is 0 Å². The molecular formula is C28H30BrN2Si+. The summed E-state index contributed by atoms with van der Waals surface area (Å²) < 4.78 is 3.67. The van der Waals surface area contributed by atoms with E-state index in [0.29, 0.717) is 0 Å². The first kappa shape index (κ1) is 20.4. The van der Waals surface area contributed by atoms with Crippen LogP contribution in [0.4, 0.5) is 5.69 Å². The van der Waals surface area contributed by atoms with Crippen LogP contribution in [0.5, 0.6) is 0 Å². The third-order valence-electron chi connectivity index (χ3n) is 7.80. The molecule has 0 bridgehead atoms. The molecule has 0 aromatic heterocycles. The normalized spacial score (nSPS) is 21.0. The molecule has 0 N–H and O–H groups in total. The number of halogens is 1. The van der Waals surface area contributed by atoms with E-state index in [1.54, 1.807) is 10.4 Å². The molecule has 6 rings (SSSR count). The summed E-state index contributed by atoms with van der Waals surface area (Å²) in [7, 11) is -1.86. The molecule has 2 saturated heterocycles. The summed E-state index contributed by atoms with van der Waals surface area (Å²) in [5.74, 6) is 0.